The summed E-state index contributed by atoms with van der Waals surface area (Å²) in [5.74, 6) is 6.20. The summed E-state index contributed by atoms with van der Waals surface area (Å²) in [6, 6.07) is 0. The fourth-order valence-corrected chi connectivity index (χ4v) is 4.68. The molecule has 2 saturated carbocycles. The lowest BCUT2D eigenvalue weighted by molar-refractivity contribution is -0.465. The molecule has 0 aromatic carbocycles. The minimum absolute atomic E-state index is 0.0161. The number of hydrogen-bond acceptors (Lipinski definition) is 14. The first-order chi connectivity index (χ1) is 16.7. The van der Waals surface area contributed by atoms with Crippen molar-refractivity contribution in [1.29, 1.82) is 0 Å². The average molecular weight is 531 g/mol. The Kier molecular flexibility index (Phi) is 51.7. The van der Waals surface area contributed by atoms with Crippen molar-refractivity contribution in [3.05, 3.63) is 0 Å². The minimum Gasteiger partial charge on any atom is -0.393 e. The van der Waals surface area contributed by atoms with Gasteiger partial charge in [-0.3, -0.25) is 52.6 Å². The maximum absolute atomic E-state index is 9.46. The molecule has 2 aliphatic rings. The smallest absolute Gasteiger partial charge is 0.0573 e. The van der Waals surface area contributed by atoms with Crippen LogP contribution in [0.5, 0.6) is 0 Å². The lowest BCUT2D eigenvalue weighted by Gasteiger charge is -2.44. The van der Waals surface area contributed by atoms with E-state index in [1.54, 1.807) is 0 Å². The number of aliphatic hydroxyl groups is 1. The fourth-order valence-electron chi connectivity index (χ4n) is 4.68. The molecule has 35 heavy (non-hydrogen) atoms. The van der Waals surface area contributed by atoms with Crippen molar-refractivity contribution in [2.24, 2.45) is 41.4 Å². The summed E-state index contributed by atoms with van der Waals surface area (Å²) in [6.45, 7) is 16.1. The molecule has 2 aliphatic carbocycles. The molecule has 13 N–H and O–H groups in total. The largest absolute Gasteiger partial charge is 0.393 e. The van der Waals surface area contributed by atoms with Gasteiger partial charge in [-0.15, -0.1) is 0 Å². The van der Waals surface area contributed by atoms with E-state index in [-0.39, 0.29) is 6.10 Å². The van der Waals surface area contributed by atoms with Crippen molar-refractivity contribution in [2.45, 2.75) is 93.1 Å². The van der Waals surface area contributed by atoms with Crippen LogP contribution in [0, 0.1) is 41.4 Å². The van der Waals surface area contributed by atoms with Crippen LogP contribution in [-0.2, 0) is 5.04 Å². The van der Waals surface area contributed by atoms with Crippen molar-refractivity contribution >= 4 is 0 Å². The van der Waals surface area contributed by atoms with Crippen molar-refractivity contribution in [3.8, 4) is 0 Å². The summed E-state index contributed by atoms with van der Waals surface area (Å²) in [6.07, 6.45) is 7.87. The molecule has 0 heterocycles. The van der Waals surface area contributed by atoms with Gasteiger partial charge < -0.3 is 5.11 Å². The lowest BCUT2D eigenvalue weighted by Crippen LogP contribution is -2.41. The van der Waals surface area contributed by atoms with Crippen LogP contribution in [-0.4, -0.2) is 74.3 Å². The highest BCUT2D eigenvalue weighted by molar-refractivity contribution is 4.88. The predicted octanol–water partition coefficient (Wildman–Crippen LogP) is 6.19. The quantitative estimate of drug-likeness (QED) is 0.135. The van der Waals surface area contributed by atoms with Gasteiger partial charge in [0.2, 0.25) is 0 Å². The molecule has 6 unspecified atom stereocenters. The molecular formula is C21H54O14. The zero-order valence-electron chi connectivity index (χ0n) is 22.1. The second kappa shape index (κ2) is 38.0. The molecule has 2 fully saturated rings. The Morgan fingerprint density at radius 1 is 0.629 bits per heavy atom. The molecule has 0 amide bonds. The summed E-state index contributed by atoms with van der Waals surface area (Å²) in [7, 11) is 0. The van der Waals surface area contributed by atoms with E-state index in [1.165, 1.54) is 32.1 Å². The maximum atomic E-state index is 9.46. The van der Waals surface area contributed by atoms with Gasteiger partial charge in [0.25, 0.3) is 0 Å². The van der Waals surface area contributed by atoms with Gasteiger partial charge >= 0.3 is 0 Å². The van der Waals surface area contributed by atoms with Gasteiger partial charge in [0.1, 0.15) is 0 Å². The number of hydrogen-bond donors (Lipinski definition) is 13. The molecule has 14 heteroatoms. The molecule has 14 nitrogen and oxygen atoms in total. The second-order valence-electron chi connectivity index (χ2n) is 9.02. The van der Waals surface area contributed by atoms with Crippen LogP contribution in [0.15, 0.2) is 0 Å². The number of aliphatic hydroxyl groups excluding tert-OH is 1. The molecule has 0 radical (unpaired) electrons. The predicted molar refractivity (Wildman–Crippen MR) is 130 cm³/mol. The first kappa shape index (κ1) is 47.6. The van der Waals surface area contributed by atoms with Crippen molar-refractivity contribution < 1.29 is 73.2 Å². The summed E-state index contributed by atoms with van der Waals surface area (Å²) < 4.78 is 0. The highest BCUT2D eigenvalue weighted by atomic mass is 17.4. The van der Waals surface area contributed by atoms with Crippen LogP contribution in [0.2, 0.25) is 0 Å². The minimum atomic E-state index is 0.0161. The summed E-state index contributed by atoms with van der Waals surface area (Å²) in [5, 5.41) is 85.0. The third kappa shape index (κ3) is 26.3. The lowest BCUT2D eigenvalue weighted by atomic mass is 9.62. The Hall–Kier alpha value is -0.560. The summed E-state index contributed by atoms with van der Waals surface area (Å²) in [4.78, 5) is 0. The molecule has 2 rings (SSSR count). The van der Waals surface area contributed by atoms with Crippen molar-refractivity contribution in [2.75, 3.05) is 0 Å². The zero-order valence-corrected chi connectivity index (χ0v) is 22.1. The molecule has 0 aromatic heterocycles. The third-order valence-electron chi connectivity index (χ3n) is 6.19. The normalized spacial score (nSPS) is 24.9. The zero-order chi connectivity index (χ0) is 29.6. The molecule has 0 saturated heterocycles. The Morgan fingerprint density at radius 2 is 0.914 bits per heavy atom. The Labute approximate surface area is 208 Å². The van der Waals surface area contributed by atoms with Gasteiger partial charge in [0.15, 0.2) is 0 Å². The van der Waals surface area contributed by atoms with E-state index in [9.17, 15) is 5.11 Å². The first-order valence-corrected chi connectivity index (χ1v) is 11.3. The van der Waals surface area contributed by atoms with E-state index in [1.807, 2.05) is 0 Å². The monoisotopic (exact) mass is 530 g/mol. The van der Waals surface area contributed by atoms with Gasteiger partial charge in [-0.25, -0.2) is 10.5 Å². The van der Waals surface area contributed by atoms with Crippen LogP contribution in [0.1, 0.15) is 87.0 Å². The molecule has 0 aromatic rings. The highest BCUT2D eigenvalue weighted by Crippen LogP contribution is 2.45. The van der Waals surface area contributed by atoms with Gasteiger partial charge in [-0.1, -0.05) is 66.3 Å². The van der Waals surface area contributed by atoms with Crippen molar-refractivity contribution in [1.82, 2.24) is 0 Å². The van der Waals surface area contributed by atoms with E-state index in [0.29, 0.717) is 5.92 Å². The molecule has 222 valence electrons. The summed E-state index contributed by atoms with van der Waals surface area (Å²) in [5.41, 5.74) is 0. The Morgan fingerprint density at radius 3 is 1.14 bits per heavy atom. The van der Waals surface area contributed by atoms with Crippen LogP contribution in [0.3, 0.4) is 0 Å². The SMILES string of the molecule is CCC1CC(C)C1CC(C)C.CCC1CC(O)C1CC(C)C.OO.OO.OO.OO.OO.OOO. The Bertz CT molecular complexity index is 307. The van der Waals surface area contributed by atoms with Gasteiger partial charge in [-0.05, 0) is 67.1 Å². The van der Waals surface area contributed by atoms with Gasteiger partial charge in [-0.2, -0.15) is 0 Å². The van der Waals surface area contributed by atoms with E-state index in [2.05, 4.69) is 53.5 Å². The van der Waals surface area contributed by atoms with E-state index < -0.39 is 0 Å². The standard InChI is InChI=1S/C11H22.C10H20O.H2O3.5H2O2/c1-5-10-7-9(4)11(10)6-8(2)3;1-4-8-6-10(11)9(8)5-7(2)3;1-3-2;5*1-2/h8-11H,5-7H2,1-4H3;7-11H,4-6H2,1-3H3;1-2H;5*1-2H. The topological polar surface area (TPSA) is 272 Å². The molecule has 0 aliphatic heterocycles. The van der Waals surface area contributed by atoms with Crippen LogP contribution in [0.25, 0.3) is 0 Å². The van der Waals surface area contributed by atoms with Gasteiger partial charge in [0.05, 0.1) is 6.10 Å². The van der Waals surface area contributed by atoms with Gasteiger partial charge in [0, 0.05) is 0 Å². The van der Waals surface area contributed by atoms with Crippen molar-refractivity contribution in [3.63, 3.8) is 0 Å². The van der Waals surface area contributed by atoms with Crippen LogP contribution >= 0.6 is 0 Å². The fraction of sp³-hybridized carbons (Fsp3) is 1.00. The first-order valence-electron chi connectivity index (χ1n) is 11.3. The summed E-state index contributed by atoms with van der Waals surface area (Å²) >= 11 is 0. The highest BCUT2D eigenvalue weighted by Gasteiger charge is 2.38. The average Bonchev–Trinajstić information content (AvgIpc) is 2.89. The van der Waals surface area contributed by atoms with Crippen LogP contribution < -0.4 is 0 Å². The third-order valence-corrected chi connectivity index (χ3v) is 6.19. The molecule has 6 atom stereocenters. The molecule has 0 bridgehead atoms. The molecule has 0 spiro atoms. The van der Waals surface area contributed by atoms with E-state index in [0.717, 1.165) is 41.9 Å². The maximum Gasteiger partial charge on any atom is 0.0573 e. The van der Waals surface area contributed by atoms with E-state index >= 15 is 0 Å². The molecular weight excluding hydrogens is 476 g/mol. The Balaban J connectivity index is -0.0000000820. The second-order valence-corrected chi connectivity index (χ2v) is 9.02. The van der Waals surface area contributed by atoms with Crippen LogP contribution in [0.4, 0.5) is 0 Å². The number of rotatable bonds is 6. The van der Waals surface area contributed by atoms with E-state index in [4.69, 9.17) is 63.1 Å².